The highest BCUT2D eigenvalue weighted by Gasteiger charge is 2.46. The zero-order valence-corrected chi connectivity index (χ0v) is 28.1. The number of rotatable bonds is 9. The van der Waals surface area contributed by atoms with Crippen molar-refractivity contribution in [3.63, 3.8) is 0 Å². The van der Waals surface area contributed by atoms with Gasteiger partial charge in [0.1, 0.15) is 73.5 Å². The van der Waals surface area contributed by atoms with E-state index in [1.54, 1.807) is 63.2 Å². The van der Waals surface area contributed by atoms with Gasteiger partial charge in [0.15, 0.2) is 16.9 Å². The molecule has 3 aromatic carbocycles. The molecule has 3 heterocycles. The number of esters is 1. The number of nitrogens with one attached hydrogen (secondary N) is 1. The molecule has 6 atom stereocenters. The van der Waals surface area contributed by atoms with Crippen LogP contribution in [0.3, 0.4) is 0 Å². The fourth-order valence-electron chi connectivity index (χ4n) is 5.64. The highest BCUT2D eigenvalue weighted by atomic mass is 16.7. The van der Waals surface area contributed by atoms with E-state index in [1.165, 1.54) is 24.5 Å². The van der Waals surface area contributed by atoms with Crippen LogP contribution in [0.2, 0.25) is 0 Å². The highest BCUT2D eigenvalue weighted by molar-refractivity contribution is 5.83. The fourth-order valence-corrected chi connectivity index (χ4v) is 5.64. The number of ether oxygens (including phenoxy) is 6. The predicted octanol–water partition coefficient (Wildman–Crippen LogP) is 3.10. The lowest BCUT2D eigenvalue weighted by atomic mass is 9.99. The molecule has 4 aromatic rings. The van der Waals surface area contributed by atoms with Gasteiger partial charge in [-0.1, -0.05) is 36.4 Å². The van der Waals surface area contributed by atoms with Crippen molar-refractivity contribution in [3.05, 3.63) is 88.8 Å². The highest BCUT2D eigenvalue weighted by Crippen LogP contribution is 2.34. The molecule has 14 nitrogen and oxygen atoms in total. The van der Waals surface area contributed by atoms with Crippen molar-refractivity contribution in [3.8, 4) is 28.4 Å². The molecule has 51 heavy (non-hydrogen) atoms. The number of aliphatic hydroxyl groups is 3. The van der Waals surface area contributed by atoms with Crippen molar-refractivity contribution < 1.29 is 57.7 Å². The zero-order chi connectivity index (χ0) is 36.3. The molecular weight excluding hydrogens is 666 g/mol. The van der Waals surface area contributed by atoms with Crippen LogP contribution in [0.25, 0.3) is 22.1 Å². The summed E-state index contributed by atoms with van der Waals surface area (Å²) in [5.41, 5.74) is 0.686. The third-order valence-corrected chi connectivity index (χ3v) is 8.17. The van der Waals surface area contributed by atoms with Crippen LogP contribution < -0.4 is 25.0 Å². The Bertz CT molecular complexity index is 1920. The molecule has 0 aliphatic carbocycles. The molecule has 1 amide bonds. The fraction of sp³-hybridized carbons (Fsp3) is 0.378. The first-order valence-corrected chi connectivity index (χ1v) is 16.4. The Morgan fingerprint density at radius 3 is 2.41 bits per heavy atom. The topological polar surface area (TPSA) is 192 Å². The summed E-state index contributed by atoms with van der Waals surface area (Å²) in [5.74, 6) is 0.381. The SMILES string of the molecule is CC(C)(C)OC(=O)N[C@H](Cc1ccccc1)C(=O)OCC1O[C@@H](Oc2ccc3c(=O)c(-c4ccc5c(c4)OCCO5)coc3c2)C(O)C(O)[C@@H]1O. The number of carbonyl (C=O) groups is 2. The first kappa shape index (κ1) is 35.7. The molecule has 1 saturated heterocycles. The smallest absolute Gasteiger partial charge is 0.408 e. The normalized spacial score (nSPS) is 22.1. The van der Waals surface area contributed by atoms with Gasteiger partial charge in [0.2, 0.25) is 6.29 Å². The van der Waals surface area contributed by atoms with Crippen LogP contribution in [0.1, 0.15) is 26.3 Å². The van der Waals surface area contributed by atoms with Gasteiger partial charge in [0, 0.05) is 12.5 Å². The molecule has 14 heteroatoms. The van der Waals surface area contributed by atoms with Crippen LogP contribution in [0.15, 0.2) is 82.2 Å². The molecule has 0 saturated carbocycles. The molecule has 0 bridgehead atoms. The lowest BCUT2D eigenvalue weighted by molar-refractivity contribution is -0.278. The van der Waals surface area contributed by atoms with E-state index in [2.05, 4.69) is 5.32 Å². The number of hydrogen-bond donors (Lipinski definition) is 4. The van der Waals surface area contributed by atoms with E-state index in [-0.39, 0.29) is 28.6 Å². The monoisotopic (exact) mass is 705 g/mol. The molecule has 4 N–H and O–H groups in total. The van der Waals surface area contributed by atoms with Crippen LogP contribution in [0.4, 0.5) is 4.79 Å². The van der Waals surface area contributed by atoms with Crippen LogP contribution in [-0.2, 0) is 25.4 Å². The average molecular weight is 706 g/mol. The van der Waals surface area contributed by atoms with Crippen molar-refractivity contribution >= 4 is 23.0 Å². The van der Waals surface area contributed by atoms with E-state index >= 15 is 0 Å². The predicted molar refractivity (Wildman–Crippen MR) is 180 cm³/mol. The zero-order valence-electron chi connectivity index (χ0n) is 28.1. The Morgan fingerprint density at radius 1 is 0.922 bits per heavy atom. The number of carbonyl (C=O) groups excluding carboxylic acids is 2. The molecule has 1 fully saturated rings. The van der Waals surface area contributed by atoms with Gasteiger partial charge in [0.25, 0.3) is 0 Å². The van der Waals surface area contributed by atoms with E-state index in [0.717, 1.165) is 5.56 Å². The summed E-state index contributed by atoms with van der Waals surface area (Å²) in [6, 6.07) is 17.3. The van der Waals surface area contributed by atoms with Gasteiger partial charge in [-0.05, 0) is 56.2 Å². The van der Waals surface area contributed by atoms with Crippen molar-refractivity contribution in [1.82, 2.24) is 5.32 Å². The lowest BCUT2D eigenvalue weighted by Gasteiger charge is -2.40. The minimum atomic E-state index is -1.74. The van der Waals surface area contributed by atoms with Gasteiger partial charge in [-0.3, -0.25) is 4.79 Å². The summed E-state index contributed by atoms with van der Waals surface area (Å²) in [5, 5.41) is 34.8. The summed E-state index contributed by atoms with van der Waals surface area (Å²) < 4.78 is 39.3. The maximum atomic E-state index is 13.4. The minimum Gasteiger partial charge on any atom is -0.486 e. The quantitative estimate of drug-likeness (QED) is 0.186. The number of aliphatic hydroxyl groups excluding tert-OH is 3. The van der Waals surface area contributed by atoms with Crippen molar-refractivity contribution in [2.24, 2.45) is 0 Å². The molecule has 2 aliphatic heterocycles. The standard InChI is InChI=1S/C37H39NO13/c1-37(2,3)51-36(44)38-25(15-20-7-5-4-6-8-20)34(43)48-19-29-31(40)32(41)33(42)35(50-29)49-22-10-11-23-27(17-22)47-18-24(30(23)39)21-9-12-26-28(16-21)46-14-13-45-26/h4-12,16-18,25,29,31-33,35,40-42H,13-15,19H2,1-3H3,(H,38,44)/t25-,29?,31-,32?,33?,35-/m1/s1. The largest absolute Gasteiger partial charge is 0.486 e. The average Bonchev–Trinajstić information content (AvgIpc) is 3.10. The van der Waals surface area contributed by atoms with Gasteiger partial charge in [-0.25, -0.2) is 9.59 Å². The number of fused-ring (bicyclic) bond motifs is 2. The van der Waals surface area contributed by atoms with Gasteiger partial charge >= 0.3 is 12.1 Å². The van der Waals surface area contributed by atoms with Crippen LogP contribution in [0, 0.1) is 0 Å². The Hall–Kier alpha value is -5.15. The molecule has 0 spiro atoms. The summed E-state index contributed by atoms with van der Waals surface area (Å²) in [6.45, 7) is 5.34. The van der Waals surface area contributed by atoms with E-state index in [9.17, 15) is 29.7 Å². The minimum absolute atomic E-state index is 0.0797. The van der Waals surface area contributed by atoms with E-state index in [0.29, 0.717) is 35.8 Å². The maximum Gasteiger partial charge on any atom is 0.408 e. The molecular formula is C37H39NO13. The van der Waals surface area contributed by atoms with E-state index in [1.807, 2.05) is 6.07 Å². The second kappa shape index (κ2) is 15.0. The maximum absolute atomic E-state index is 13.4. The van der Waals surface area contributed by atoms with Gasteiger partial charge in [0.05, 0.1) is 10.9 Å². The molecule has 1 aromatic heterocycles. The number of benzene rings is 3. The van der Waals surface area contributed by atoms with Crippen molar-refractivity contribution in [1.29, 1.82) is 0 Å². The number of hydrogen-bond acceptors (Lipinski definition) is 13. The second-order valence-electron chi connectivity index (χ2n) is 13.1. The molecule has 0 radical (unpaired) electrons. The number of alkyl carbamates (subject to hydrolysis) is 1. The Balaban J connectivity index is 1.13. The van der Waals surface area contributed by atoms with Crippen LogP contribution in [0.5, 0.6) is 17.2 Å². The van der Waals surface area contributed by atoms with Gasteiger partial charge in [-0.2, -0.15) is 0 Å². The Morgan fingerprint density at radius 2 is 1.67 bits per heavy atom. The lowest BCUT2D eigenvalue weighted by Crippen LogP contribution is -2.60. The molecule has 3 unspecified atom stereocenters. The first-order valence-electron chi connectivity index (χ1n) is 16.4. The molecule has 6 rings (SSSR count). The molecule has 270 valence electrons. The third-order valence-electron chi connectivity index (χ3n) is 8.17. The summed E-state index contributed by atoms with van der Waals surface area (Å²) >= 11 is 0. The first-order chi connectivity index (χ1) is 24.4. The third kappa shape index (κ3) is 8.43. The van der Waals surface area contributed by atoms with E-state index in [4.69, 9.17) is 32.8 Å². The van der Waals surface area contributed by atoms with Gasteiger partial charge in [-0.15, -0.1) is 0 Å². The van der Waals surface area contributed by atoms with Gasteiger partial charge < -0.3 is 53.5 Å². The van der Waals surface area contributed by atoms with Crippen LogP contribution >= 0.6 is 0 Å². The number of amides is 1. The van der Waals surface area contributed by atoms with Crippen molar-refractivity contribution in [2.45, 2.75) is 69.5 Å². The van der Waals surface area contributed by atoms with Crippen LogP contribution in [-0.4, -0.2) is 89.6 Å². The summed E-state index contributed by atoms with van der Waals surface area (Å²) in [7, 11) is 0. The van der Waals surface area contributed by atoms with E-state index < -0.39 is 61.0 Å². The summed E-state index contributed by atoms with van der Waals surface area (Å²) in [4.78, 5) is 39.2. The Kier molecular flexibility index (Phi) is 10.5. The van der Waals surface area contributed by atoms with Crippen molar-refractivity contribution in [2.75, 3.05) is 19.8 Å². The summed E-state index contributed by atoms with van der Waals surface area (Å²) in [6.07, 6.45) is -7.38. The second-order valence-corrected chi connectivity index (χ2v) is 13.1. The molecule has 2 aliphatic rings. The Labute approximate surface area is 292 Å².